The molecule has 2 aromatic carbocycles. The number of nitrogens with one attached hydrogen (secondary N) is 1. The van der Waals surface area contributed by atoms with Crippen molar-refractivity contribution < 1.29 is 22.3 Å². The van der Waals surface area contributed by atoms with Gasteiger partial charge in [-0.25, -0.2) is 17.8 Å². The molecule has 1 amide bonds. The Bertz CT molecular complexity index is 1560. The lowest BCUT2D eigenvalue weighted by atomic mass is 10.0. The highest BCUT2D eigenvalue weighted by Crippen LogP contribution is 2.32. The first kappa shape index (κ1) is 25.9. The number of likely N-dealkylation sites (tertiary alicyclic amines) is 1. The number of aryl methyl sites for hydroxylation is 1. The average Bonchev–Trinajstić information content (AvgIpc) is 3.32. The van der Waals surface area contributed by atoms with E-state index in [1.807, 2.05) is 13.1 Å². The molecule has 1 atom stereocenters. The summed E-state index contributed by atoms with van der Waals surface area (Å²) < 4.78 is 46.6. The van der Waals surface area contributed by atoms with Gasteiger partial charge in [-0.15, -0.1) is 0 Å². The summed E-state index contributed by atoms with van der Waals surface area (Å²) in [5.41, 5.74) is 8.35. The standard InChI is InChI=1S/C28H29FN4O4S/c1-18-17-32-27-26(18)25(9-12-31-27)37-24-8-7-19(15-22(24)29)16-23(30)28(34)33-13-10-21(11-14-33)38(35,36)20-5-3-2-4-6-20/h2-9,12,15,17,21,23H,10-11,13-14,16,30H2,1H3,(H,31,32). The number of fused-ring (bicyclic) bond motifs is 1. The maximum Gasteiger partial charge on any atom is 0.239 e. The number of H-pyrrole nitrogens is 1. The van der Waals surface area contributed by atoms with Crippen molar-refractivity contribution in [2.24, 2.45) is 5.73 Å². The van der Waals surface area contributed by atoms with Crippen molar-refractivity contribution >= 4 is 26.8 Å². The van der Waals surface area contributed by atoms with Crippen LogP contribution in [0.1, 0.15) is 24.0 Å². The molecule has 3 heterocycles. The summed E-state index contributed by atoms with van der Waals surface area (Å²) in [4.78, 5) is 22.2. The number of carbonyl (C=O) groups is 1. The van der Waals surface area contributed by atoms with Crippen LogP contribution >= 0.6 is 0 Å². The van der Waals surface area contributed by atoms with E-state index in [4.69, 9.17) is 10.5 Å². The monoisotopic (exact) mass is 536 g/mol. The Morgan fingerprint density at radius 3 is 2.61 bits per heavy atom. The van der Waals surface area contributed by atoms with Crippen molar-refractivity contribution in [3.8, 4) is 11.5 Å². The van der Waals surface area contributed by atoms with Crippen LogP contribution in [0, 0.1) is 12.7 Å². The highest BCUT2D eigenvalue weighted by molar-refractivity contribution is 7.92. The third kappa shape index (κ3) is 5.14. The Kier molecular flexibility index (Phi) is 7.18. The predicted molar refractivity (Wildman–Crippen MR) is 142 cm³/mol. The lowest BCUT2D eigenvalue weighted by molar-refractivity contribution is -0.133. The smallest absolute Gasteiger partial charge is 0.239 e. The van der Waals surface area contributed by atoms with Crippen LogP contribution in [0.3, 0.4) is 0 Å². The van der Waals surface area contributed by atoms with Gasteiger partial charge in [0.1, 0.15) is 11.4 Å². The van der Waals surface area contributed by atoms with E-state index in [0.717, 1.165) is 10.9 Å². The van der Waals surface area contributed by atoms with Crippen molar-refractivity contribution in [3.63, 3.8) is 0 Å². The third-order valence-electron chi connectivity index (χ3n) is 6.99. The minimum atomic E-state index is -3.45. The first-order chi connectivity index (χ1) is 18.2. The fourth-order valence-electron chi connectivity index (χ4n) is 4.91. The summed E-state index contributed by atoms with van der Waals surface area (Å²) in [6.07, 6.45) is 4.24. The number of piperidine rings is 1. The zero-order valence-corrected chi connectivity index (χ0v) is 21.7. The second-order valence-corrected chi connectivity index (χ2v) is 11.8. The van der Waals surface area contributed by atoms with Crippen LogP contribution in [0.5, 0.6) is 11.5 Å². The van der Waals surface area contributed by atoms with E-state index in [1.165, 1.54) is 12.1 Å². The van der Waals surface area contributed by atoms with Gasteiger partial charge in [-0.2, -0.15) is 0 Å². The highest BCUT2D eigenvalue weighted by Gasteiger charge is 2.33. The Labute approximate surface area is 220 Å². The van der Waals surface area contributed by atoms with Crippen LogP contribution in [0.2, 0.25) is 0 Å². The van der Waals surface area contributed by atoms with Gasteiger partial charge in [0, 0.05) is 25.5 Å². The van der Waals surface area contributed by atoms with Gasteiger partial charge >= 0.3 is 0 Å². The van der Waals surface area contributed by atoms with Crippen molar-refractivity contribution in [1.29, 1.82) is 0 Å². The summed E-state index contributed by atoms with van der Waals surface area (Å²) in [6, 6.07) is 13.7. The molecule has 10 heteroatoms. The van der Waals surface area contributed by atoms with Crippen LogP contribution in [0.4, 0.5) is 4.39 Å². The molecule has 4 aromatic rings. The molecule has 0 saturated carbocycles. The number of aromatic amines is 1. The minimum absolute atomic E-state index is 0.0587. The number of amides is 1. The summed E-state index contributed by atoms with van der Waals surface area (Å²) >= 11 is 0. The number of pyridine rings is 1. The van der Waals surface area contributed by atoms with E-state index in [0.29, 0.717) is 47.8 Å². The molecule has 0 spiro atoms. The molecular formula is C28H29FN4O4S. The van der Waals surface area contributed by atoms with Crippen LogP contribution in [0.15, 0.2) is 71.9 Å². The number of nitrogens with two attached hydrogens (primary N) is 1. The van der Waals surface area contributed by atoms with Gasteiger partial charge in [0.05, 0.1) is 21.6 Å². The topological polar surface area (TPSA) is 118 Å². The summed E-state index contributed by atoms with van der Waals surface area (Å²) in [6.45, 7) is 2.53. The van der Waals surface area contributed by atoms with Gasteiger partial charge in [-0.05, 0) is 67.6 Å². The number of aromatic nitrogens is 2. The normalized spacial score (nSPS) is 15.5. The second-order valence-electron chi connectivity index (χ2n) is 9.56. The molecule has 8 nitrogen and oxygen atoms in total. The minimum Gasteiger partial charge on any atom is -0.453 e. The third-order valence-corrected chi connectivity index (χ3v) is 9.26. The van der Waals surface area contributed by atoms with Crippen LogP contribution in [0.25, 0.3) is 11.0 Å². The quantitative estimate of drug-likeness (QED) is 0.367. The fourth-order valence-corrected chi connectivity index (χ4v) is 6.66. The summed E-state index contributed by atoms with van der Waals surface area (Å²) in [7, 11) is -3.45. The zero-order valence-electron chi connectivity index (χ0n) is 20.9. The van der Waals surface area contributed by atoms with Crippen LogP contribution in [-0.4, -0.2) is 53.6 Å². The Morgan fingerprint density at radius 2 is 1.89 bits per heavy atom. The Balaban J connectivity index is 1.20. The first-order valence-corrected chi connectivity index (χ1v) is 14.0. The number of hydrogen-bond acceptors (Lipinski definition) is 6. The SMILES string of the molecule is Cc1c[nH]c2nccc(Oc3ccc(CC(N)C(=O)N4CCC(S(=O)(=O)c5ccccc5)CC4)cc3F)c12. The maximum absolute atomic E-state index is 14.9. The van der Waals surface area contributed by atoms with Gasteiger partial charge in [0.15, 0.2) is 21.4 Å². The van der Waals surface area contributed by atoms with E-state index in [9.17, 15) is 17.6 Å². The lowest BCUT2D eigenvalue weighted by Gasteiger charge is -2.33. The molecule has 1 unspecified atom stereocenters. The van der Waals surface area contributed by atoms with Gasteiger partial charge in [0.2, 0.25) is 5.91 Å². The van der Waals surface area contributed by atoms with Gasteiger partial charge in [-0.1, -0.05) is 24.3 Å². The molecule has 198 valence electrons. The predicted octanol–water partition coefficient (Wildman–Crippen LogP) is 4.14. The molecule has 1 fully saturated rings. The molecule has 3 N–H and O–H groups in total. The zero-order chi connectivity index (χ0) is 26.9. The number of nitrogens with zero attached hydrogens (tertiary/aromatic N) is 2. The number of hydrogen-bond donors (Lipinski definition) is 2. The van der Waals surface area contributed by atoms with Crippen molar-refractivity contribution in [2.45, 2.75) is 42.4 Å². The fraction of sp³-hybridized carbons (Fsp3) is 0.286. The molecule has 0 radical (unpaired) electrons. The van der Waals surface area contributed by atoms with Crippen molar-refractivity contribution in [1.82, 2.24) is 14.9 Å². The Morgan fingerprint density at radius 1 is 1.16 bits per heavy atom. The van der Waals surface area contributed by atoms with Gasteiger partial charge in [-0.3, -0.25) is 4.79 Å². The summed E-state index contributed by atoms with van der Waals surface area (Å²) in [5, 5.41) is 0.243. The average molecular weight is 537 g/mol. The van der Waals surface area contributed by atoms with Crippen LogP contribution < -0.4 is 10.5 Å². The maximum atomic E-state index is 14.9. The van der Waals surface area contributed by atoms with E-state index in [2.05, 4.69) is 9.97 Å². The first-order valence-electron chi connectivity index (χ1n) is 12.5. The highest BCUT2D eigenvalue weighted by atomic mass is 32.2. The summed E-state index contributed by atoms with van der Waals surface area (Å²) in [5.74, 6) is -0.288. The molecule has 38 heavy (non-hydrogen) atoms. The van der Waals surface area contributed by atoms with Gasteiger partial charge in [0.25, 0.3) is 0 Å². The van der Waals surface area contributed by atoms with E-state index >= 15 is 0 Å². The molecule has 1 aliphatic rings. The molecule has 0 bridgehead atoms. The second kappa shape index (κ2) is 10.5. The molecule has 0 aliphatic carbocycles. The number of sulfone groups is 1. The molecule has 1 saturated heterocycles. The molecule has 5 rings (SSSR count). The lowest BCUT2D eigenvalue weighted by Crippen LogP contribution is -2.49. The largest absolute Gasteiger partial charge is 0.453 e. The molecular weight excluding hydrogens is 507 g/mol. The van der Waals surface area contributed by atoms with Crippen molar-refractivity contribution in [3.05, 3.63) is 83.9 Å². The number of rotatable bonds is 7. The molecule has 1 aliphatic heterocycles. The Hall–Kier alpha value is -3.76. The molecule has 2 aromatic heterocycles. The number of benzene rings is 2. The van der Waals surface area contributed by atoms with E-state index < -0.39 is 26.9 Å². The number of halogens is 1. The van der Waals surface area contributed by atoms with Gasteiger partial charge < -0.3 is 20.4 Å². The number of carbonyl (C=O) groups excluding carboxylic acids is 1. The van der Waals surface area contributed by atoms with Crippen LogP contribution in [-0.2, 0) is 21.1 Å². The van der Waals surface area contributed by atoms with E-state index in [-0.39, 0.29) is 18.1 Å². The van der Waals surface area contributed by atoms with Crippen molar-refractivity contribution in [2.75, 3.05) is 13.1 Å². The van der Waals surface area contributed by atoms with E-state index in [1.54, 1.807) is 53.6 Å². The number of ether oxygens (including phenoxy) is 1.